The van der Waals surface area contributed by atoms with Crippen molar-refractivity contribution in [3.63, 3.8) is 0 Å². The maximum atomic E-state index is 12.7. The Labute approximate surface area is 185 Å². The van der Waals surface area contributed by atoms with Gasteiger partial charge in [-0.25, -0.2) is 21.6 Å². The number of benzene rings is 2. The molecule has 0 heterocycles. The van der Waals surface area contributed by atoms with E-state index < -0.39 is 47.0 Å². The van der Waals surface area contributed by atoms with Crippen LogP contribution >= 0.6 is 39.1 Å². The molecule has 0 aliphatic heterocycles. The van der Waals surface area contributed by atoms with Crippen molar-refractivity contribution in [1.29, 1.82) is 0 Å². The molecule has 0 saturated carbocycles. The van der Waals surface area contributed by atoms with Crippen LogP contribution in [0.25, 0.3) is 0 Å². The van der Waals surface area contributed by atoms with Gasteiger partial charge in [0.05, 0.1) is 17.3 Å². The molecule has 2 aromatic rings. The summed E-state index contributed by atoms with van der Waals surface area (Å²) in [7, 11) is -7.33. The number of nitrogens with one attached hydrogen (secondary N) is 2. The number of phenols is 2. The van der Waals surface area contributed by atoms with Crippen molar-refractivity contribution >= 4 is 64.9 Å². The highest BCUT2D eigenvalue weighted by atomic mass is 79.9. The Hall–Kier alpha value is -1.28. The fourth-order valence-corrected chi connectivity index (χ4v) is 5.82. The van der Waals surface area contributed by atoms with Crippen LogP contribution in [0.2, 0.25) is 10.0 Å². The van der Waals surface area contributed by atoms with Gasteiger partial charge in [-0.1, -0.05) is 39.1 Å². The Bertz CT molecular complexity index is 1140. The van der Waals surface area contributed by atoms with Gasteiger partial charge in [-0.05, 0) is 24.3 Å². The predicted molar refractivity (Wildman–Crippen MR) is 112 cm³/mol. The third kappa shape index (κ3) is 5.66. The summed E-state index contributed by atoms with van der Waals surface area (Å²) in [6.45, 7) is -0.0147. The number of aromatic hydroxyl groups is 2. The van der Waals surface area contributed by atoms with E-state index in [-0.39, 0.29) is 27.7 Å². The highest BCUT2D eigenvalue weighted by Gasteiger charge is 2.27. The number of rotatable bonds is 8. The third-order valence-electron chi connectivity index (χ3n) is 3.45. The number of hydrogen-bond acceptors (Lipinski definition) is 7. The quantitative estimate of drug-likeness (QED) is 0.293. The number of ether oxygens (including phenoxy) is 1. The maximum absolute atomic E-state index is 12.7. The van der Waals surface area contributed by atoms with Crippen molar-refractivity contribution in [2.24, 2.45) is 0 Å². The molecule has 0 spiro atoms. The van der Waals surface area contributed by atoms with E-state index in [1.807, 2.05) is 4.72 Å². The first kappa shape index (κ1) is 24.0. The Kier molecular flexibility index (Phi) is 7.65. The van der Waals surface area contributed by atoms with E-state index >= 15 is 0 Å². The van der Waals surface area contributed by atoms with Crippen LogP contribution in [0, 0.1) is 0 Å². The molecule has 0 amide bonds. The van der Waals surface area contributed by atoms with Gasteiger partial charge >= 0.3 is 0 Å². The van der Waals surface area contributed by atoms with Crippen molar-refractivity contribution in [1.82, 2.24) is 4.72 Å². The monoisotopic (exact) mass is 548 g/mol. The molecule has 0 radical (unpaired) electrons. The van der Waals surface area contributed by atoms with E-state index in [2.05, 4.69) is 20.7 Å². The topological polar surface area (TPSA) is 142 Å². The SMILES string of the molecule is COCCNS(=O)(=O)c1cc(Cl)cc(NS(=O)(=O)c2cc(Br)cc(Cl)c2O)c1O. The molecule has 0 unspecified atom stereocenters. The van der Waals surface area contributed by atoms with Crippen molar-refractivity contribution < 1.29 is 31.8 Å². The number of anilines is 1. The van der Waals surface area contributed by atoms with Gasteiger partial charge in [0, 0.05) is 23.1 Å². The van der Waals surface area contributed by atoms with Crippen molar-refractivity contribution in [2.75, 3.05) is 25.0 Å². The molecular weight excluding hydrogens is 535 g/mol. The first-order valence-electron chi connectivity index (χ1n) is 7.61. The van der Waals surface area contributed by atoms with E-state index in [0.29, 0.717) is 0 Å². The number of sulfonamides is 2. The minimum absolute atomic E-state index is 0.0724. The van der Waals surface area contributed by atoms with Gasteiger partial charge in [0.1, 0.15) is 9.79 Å². The molecule has 0 saturated heterocycles. The van der Waals surface area contributed by atoms with Gasteiger partial charge in [-0.3, -0.25) is 4.72 Å². The normalized spacial score (nSPS) is 12.1. The van der Waals surface area contributed by atoms with Crippen molar-refractivity contribution in [3.05, 3.63) is 38.8 Å². The summed E-state index contributed by atoms with van der Waals surface area (Å²) in [6.07, 6.45) is 0. The van der Waals surface area contributed by atoms with Crippen LogP contribution in [-0.4, -0.2) is 47.3 Å². The van der Waals surface area contributed by atoms with Gasteiger partial charge in [-0.15, -0.1) is 0 Å². The van der Waals surface area contributed by atoms with Gasteiger partial charge in [0.2, 0.25) is 10.0 Å². The molecule has 4 N–H and O–H groups in total. The molecule has 0 aliphatic rings. The highest BCUT2D eigenvalue weighted by molar-refractivity contribution is 9.10. The summed E-state index contributed by atoms with van der Waals surface area (Å²) in [5.74, 6) is -1.61. The highest BCUT2D eigenvalue weighted by Crippen LogP contribution is 2.39. The molecular formula is C15H15BrCl2N2O7S2. The number of phenolic OH excluding ortho intramolecular Hbond substituents is 2. The lowest BCUT2D eigenvalue weighted by Gasteiger charge is -2.15. The standard InChI is InChI=1S/C15H15BrCl2N2O7S2/c1-27-3-2-19-28(23,24)13-7-9(17)6-11(15(13)22)20-29(25,26)12-5-8(16)4-10(18)14(12)21/h4-7,19-22H,2-3H2,1H3. The first-order chi connectivity index (χ1) is 13.4. The Morgan fingerprint density at radius 1 is 1.00 bits per heavy atom. The second-order valence-electron chi connectivity index (χ2n) is 5.53. The molecule has 160 valence electrons. The molecule has 9 nitrogen and oxygen atoms in total. The first-order valence-corrected chi connectivity index (χ1v) is 12.1. The molecule has 2 rings (SSSR count). The smallest absolute Gasteiger partial charge is 0.265 e. The second-order valence-corrected chi connectivity index (χ2v) is 10.7. The largest absolute Gasteiger partial charge is 0.505 e. The number of hydrogen-bond donors (Lipinski definition) is 4. The molecule has 0 aromatic heterocycles. The lowest BCUT2D eigenvalue weighted by Crippen LogP contribution is -2.27. The van der Waals surface area contributed by atoms with Crippen LogP contribution in [0.5, 0.6) is 11.5 Å². The van der Waals surface area contributed by atoms with Crippen LogP contribution in [-0.2, 0) is 24.8 Å². The zero-order valence-electron chi connectivity index (χ0n) is 14.6. The maximum Gasteiger partial charge on any atom is 0.265 e. The molecule has 14 heteroatoms. The van der Waals surface area contributed by atoms with Crippen molar-refractivity contribution in [3.8, 4) is 11.5 Å². The lowest BCUT2D eigenvalue weighted by molar-refractivity contribution is 0.204. The van der Waals surface area contributed by atoms with E-state index in [1.54, 1.807) is 0 Å². The van der Waals surface area contributed by atoms with Gasteiger partial charge in [-0.2, -0.15) is 0 Å². The third-order valence-corrected chi connectivity index (χ3v) is 7.27. The lowest BCUT2D eigenvalue weighted by atomic mass is 10.3. The Morgan fingerprint density at radius 3 is 2.24 bits per heavy atom. The van der Waals surface area contributed by atoms with E-state index in [9.17, 15) is 27.0 Å². The predicted octanol–water partition coefficient (Wildman–Crippen LogP) is 2.89. The average Bonchev–Trinajstić information content (AvgIpc) is 2.60. The molecule has 0 aliphatic carbocycles. The van der Waals surface area contributed by atoms with Gasteiger partial charge in [0.25, 0.3) is 10.0 Å². The molecule has 0 bridgehead atoms. The molecule has 0 atom stereocenters. The zero-order chi connectivity index (χ0) is 22.0. The fraction of sp³-hybridized carbons (Fsp3) is 0.200. The van der Waals surface area contributed by atoms with Crippen LogP contribution in [0.3, 0.4) is 0 Å². The molecule has 2 aromatic carbocycles. The summed E-state index contributed by atoms with van der Waals surface area (Å²) in [4.78, 5) is -1.24. The van der Waals surface area contributed by atoms with Crippen LogP contribution in [0.1, 0.15) is 0 Å². The number of halogens is 3. The summed E-state index contributed by atoms with van der Waals surface area (Å²) in [5, 5.41) is 19.9. The minimum Gasteiger partial charge on any atom is -0.505 e. The summed E-state index contributed by atoms with van der Waals surface area (Å²) in [5.41, 5.74) is -0.514. The van der Waals surface area contributed by atoms with E-state index in [0.717, 1.165) is 18.2 Å². The number of methoxy groups -OCH3 is 1. The van der Waals surface area contributed by atoms with Crippen LogP contribution in [0.15, 0.2) is 38.5 Å². The molecule has 0 fully saturated rings. The van der Waals surface area contributed by atoms with Crippen LogP contribution < -0.4 is 9.44 Å². The fourth-order valence-electron chi connectivity index (χ4n) is 2.16. The summed E-state index contributed by atoms with van der Waals surface area (Å²) in [6, 6.07) is 4.33. The average molecular weight is 550 g/mol. The van der Waals surface area contributed by atoms with E-state index in [1.165, 1.54) is 13.2 Å². The minimum atomic E-state index is -4.48. The zero-order valence-corrected chi connectivity index (χ0v) is 19.3. The second kappa shape index (κ2) is 9.25. The Balaban J connectivity index is 2.51. The van der Waals surface area contributed by atoms with Gasteiger partial charge in [0.15, 0.2) is 11.5 Å². The van der Waals surface area contributed by atoms with Gasteiger partial charge < -0.3 is 14.9 Å². The molecule has 29 heavy (non-hydrogen) atoms. The van der Waals surface area contributed by atoms with Crippen LogP contribution in [0.4, 0.5) is 5.69 Å². The summed E-state index contributed by atoms with van der Waals surface area (Å²) < 4.78 is 59.3. The summed E-state index contributed by atoms with van der Waals surface area (Å²) >= 11 is 14.8. The van der Waals surface area contributed by atoms with E-state index in [4.69, 9.17) is 27.9 Å². The Morgan fingerprint density at radius 2 is 1.62 bits per heavy atom. The van der Waals surface area contributed by atoms with Crippen molar-refractivity contribution in [2.45, 2.75) is 9.79 Å².